The van der Waals surface area contributed by atoms with Gasteiger partial charge in [-0.2, -0.15) is 0 Å². The molecule has 3 N–H and O–H groups in total. The maximum Gasteiger partial charge on any atom is 0.257 e. The lowest BCUT2D eigenvalue weighted by atomic mass is 9.84. The molecule has 1 amide bonds. The number of carbonyl (C=O) groups excluding carboxylic acids is 1. The normalized spacial score (nSPS) is 13.5. The van der Waals surface area contributed by atoms with Gasteiger partial charge in [-0.3, -0.25) is 4.79 Å². The lowest BCUT2D eigenvalue weighted by Gasteiger charge is -2.25. The molecule has 0 radical (unpaired) electrons. The van der Waals surface area contributed by atoms with Crippen LogP contribution in [0.3, 0.4) is 0 Å². The number of rotatable bonds is 5. The van der Waals surface area contributed by atoms with Crippen molar-refractivity contribution in [3.8, 4) is 0 Å². The molecule has 0 saturated heterocycles. The summed E-state index contributed by atoms with van der Waals surface area (Å²) < 4.78 is 0. The van der Waals surface area contributed by atoms with Crippen molar-refractivity contribution in [1.82, 2.24) is 5.32 Å². The first-order chi connectivity index (χ1) is 12.4. The van der Waals surface area contributed by atoms with Gasteiger partial charge in [-0.05, 0) is 36.4 Å². The molecule has 4 nitrogen and oxygen atoms in total. The van der Waals surface area contributed by atoms with Gasteiger partial charge >= 0.3 is 0 Å². The van der Waals surface area contributed by atoms with Crippen molar-refractivity contribution in [2.75, 3.05) is 24.2 Å². The first kappa shape index (κ1) is 18.0. The topological polar surface area (TPSA) is 53.2 Å². The van der Waals surface area contributed by atoms with E-state index in [0.29, 0.717) is 5.57 Å². The fourth-order valence-electron chi connectivity index (χ4n) is 3.20. The van der Waals surface area contributed by atoms with E-state index in [0.717, 1.165) is 29.1 Å². The summed E-state index contributed by atoms with van der Waals surface area (Å²) in [5, 5.41) is 9.34. The Morgan fingerprint density at radius 3 is 2.50 bits per heavy atom. The fourth-order valence-corrected chi connectivity index (χ4v) is 3.20. The summed E-state index contributed by atoms with van der Waals surface area (Å²) in [5.41, 5.74) is 5.21. The molecule has 3 rings (SSSR count). The highest BCUT2D eigenvalue weighted by Crippen LogP contribution is 2.32. The molecule has 26 heavy (non-hydrogen) atoms. The Morgan fingerprint density at radius 2 is 1.81 bits per heavy atom. The van der Waals surface area contributed by atoms with Crippen LogP contribution in [-0.2, 0) is 10.2 Å². The molecule has 0 bridgehead atoms. The molecule has 2 aromatic carbocycles. The molecule has 4 heteroatoms. The number of amides is 1. The van der Waals surface area contributed by atoms with Gasteiger partial charge in [0, 0.05) is 35.1 Å². The van der Waals surface area contributed by atoms with E-state index in [1.54, 1.807) is 6.20 Å². The molecular weight excluding hydrogens is 322 g/mol. The predicted octanol–water partition coefficient (Wildman–Crippen LogP) is 4.14. The smallest absolute Gasteiger partial charge is 0.257 e. The quantitative estimate of drug-likeness (QED) is 0.762. The third-order valence-corrected chi connectivity index (χ3v) is 4.74. The number of fused-ring (bicyclic) bond motifs is 1. The van der Waals surface area contributed by atoms with Crippen LogP contribution in [0, 0.1) is 0 Å². The third-order valence-electron chi connectivity index (χ3n) is 4.74. The second kappa shape index (κ2) is 7.18. The van der Waals surface area contributed by atoms with Crippen LogP contribution in [-0.4, -0.2) is 19.5 Å². The Kier molecular flexibility index (Phi) is 4.96. The summed E-state index contributed by atoms with van der Waals surface area (Å²) in [6.07, 6.45) is 1.71. The molecular formula is C22H25N3O. The Balaban J connectivity index is 1.73. The highest BCUT2D eigenvalue weighted by Gasteiger charge is 2.22. The van der Waals surface area contributed by atoms with Crippen molar-refractivity contribution in [1.29, 1.82) is 0 Å². The van der Waals surface area contributed by atoms with Crippen molar-refractivity contribution in [3.05, 3.63) is 78.0 Å². The van der Waals surface area contributed by atoms with Crippen LogP contribution < -0.4 is 16.0 Å². The van der Waals surface area contributed by atoms with Gasteiger partial charge in [0.05, 0.1) is 5.57 Å². The molecule has 0 fully saturated rings. The van der Waals surface area contributed by atoms with E-state index in [9.17, 15) is 4.79 Å². The van der Waals surface area contributed by atoms with Gasteiger partial charge in [0.15, 0.2) is 0 Å². The summed E-state index contributed by atoms with van der Waals surface area (Å²) in [7, 11) is 1.95. The Morgan fingerprint density at radius 1 is 1.12 bits per heavy atom. The average Bonchev–Trinajstić information content (AvgIpc) is 2.62. The fraction of sp³-hybridized carbons (Fsp3) is 0.227. The Labute approximate surface area is 155 Å². The standard InChI is InChI=1S/C22H25N3O/c1-15-18-7-5-6-8-20(18)24-13-19(15)21(26)25-17-11-9-16(10-12-17)22(2,3)14-23-4/h5-13,23-24H,1,14H2,2-4H3,(H,25,26). The van der Waals surface area contributed by atoms with Crippen LogP contribution in [0.2, 0.25) is 0 Å². The molecule has 1 heterocycles. The molecule has 0 aliphatic carbocycles. The summed E-state index contributed by atoms with van der Waals surface area (Å²) >= 11 is 0. The first-order valence-electron chi connectivity index (χ1n) is 8.74. The highest BCUT2D eigenvalue weighted by molar-refractivity contribution is 6.16. The van der Waals surface area contributed by atoms with E-state index in [1.165, 1.54) is 5.56 Å². The molecule has 1 aliphatic heterocycles. The number of likely N-dealkylation sites (N-methyl/N-ethyl adjacent to an activating group) is 1. The van der Waals surface area contributed by atoms with Crippen LogP contribution in [0.15, 0.2) is 66.9 Å². The number of anilines is 2. The Hall–Kier alpha value is -2.85. The van der Waals surface area contributed by atoms with E-state index in [-0.39, 0.29) is 11.3 Å². The molecule has 0 aromatic heterocycles. The number of nitrogens with one attached hydrogen (secondary N) is 3. The number of para-hydroxylation sites is 1. The summed E-state index contributed by atoms with van der Waals surface area (Å²) in [4.78, 5) is 12.7. The van der Waals surface area contributed by atoms with Gasteiger partial charge in [0.2, 0.25) is 0 Å². The molecule has 0 unspecified atom stereocenters. The van der Waals surface area contributed by atoms with Gasteiger partial charge in [-0.1, -0.05) is 50.8 Å². The van der Waals surface area contributed by atoms with Gasteiger partial charge < -0.3 is 16.0 Å². The first-order valence-corrected chi connectivity index (χ1v) is 8.74. The van der Waals surface area contributed by atoms with E-state index >= 15 is 0 Å². The van der Waals surface area contributed by atoms with Crippen molar-refractivity contribution in [2.24, 2.45) is 0 Å². The summed E-state index contributed by atoms with van der Waals surface area (Å²) in [5.74, 6) is -0.167. The number of benzene rings is 2. The van der Waals surface area contributed by atoms with Gasteiger partial charge in [0.1, 0.15) is 0 Å². The van der Waals surface area contributed by atoms with Crippen LogP contribution >= 0.6 is 0 Å². The zero-order valence-corrected chi connectivity index (χ0v) is 15.5. The van der Waals surface area contributed by atoms with E-state index in [2.05, 4.69) is 48.5 Å². The monoisotopic (exact) mass is 347 g/mol. The van der Waals surface area contributed by atoms with Crippen LogP contribution in [0.4, 0.5) is 11.4 Å². The predicted molar refractivity (Wildman–Crippen MR) is 109 cm³/mol. The number of carbonyl (C=O) groups is 1. The second-order valence-corrected chi connectivity index (χ2v) is 7.17. The maximum atomic E-state index is 12.7. The molecule has 2 aromatic rings. The maximum absolute atomic E-state index is 12.7. The van der Waals surface area contributed by atoms with Crippen LogP contribution in [0.5, 0.6) is 0 Å². The average molecular weight is 347 g/mol. The SMILES string of the molecule is C=C1C(C(=O)Nc2ccc(C(C)(C)CNC)cc2)=CNc2ccccc21. The van der Waals surface area contributed by atoms with Crippen molar-refractivity contribution in [2.45, 2.75) is 19.3 Å². The van der Waals surface area contributed by atoms with E-state index in [4.69, 9.17) is 0 Å². The van der Waals surface area contributed by atoms with Crippen molar-refractivity contribution < 1.29 is 4.79 Å². The molecule has 1 aliphatic rings. The van der Waals surface area contributed by atoms with Gasteiger partial charge in [-0.25, -0.2) is 0 Å². The summed E-state index contributed by atoms with van der Waals surface area (Å²) in [6.45, 7) is 9.36. The van der Waals surface area contributed by atoms with E-state index in [1.807, 2.05) is 43.4 Å². The van der Waals surface area contributed by atoms with Crippen molar-refractivity contribution in [3.63, 3.8) is 0 Å². The number of hydrogen-bond acceptors (Lipinski definition) is 3. The minimum Gasteiger partial charge on any atom is -0.360 e. The largest absolute Gasteiger partial charge is 0.360 e. The molecule has 0 spiro atoms. The third kappa shape index (κ3) is 3.55. The number of hydrogen-bond donors (Lipinski definition) is 3. The highest BCUT2D eigenvalue weighted by atomic mass is 16.1. The molecule has 134 valence electrons. The second-order valence-electron chi connectivity index (χ2n) is 7.17. The lowest BCUT2D eigenvalue weighted by molar-refractivity contribution is -0.112. The zero-order valence-electron chi connectivity index (χ0n) is 15.5. The summed E-state index contributed by atoms with van der Waals surface area (Å²) in [6, 6.07) is 15.8. The minimum atomic E-state index is -0.167. The van der Waals surface area contributed by atoms with Crippen LogP contribution in [0.1, 0.15) is 25.0 Å². The zero-order chi connectivity index (χ0) is 18.7. The van der Waals surface area contributed by atoms with Crippen LogP contribution in [0.25, 0.3) is 5.57 Å². The molecule has 0 atom stereocenters. The van der Waals surface area contributed by atoms with Gasteiger partial charge in [-0.15, -0.1) is 0 Å². The minimum absolute atomic E-state index is 0.0328. The Bertz CT molecular complexity index is 863. The van der Waals surface area contributed by atoms with Crippen molar-refractivity contribution >= 4 is 22.9 Å². The lowest BCUT2D eigenvalue weighted by Crippen LogP contribution is -2.30. The molecule has 0 saturated carbocycles. The van der Waals surface area contributed by atoms with E-state index < -0.39 is 0 Å². The van der Waals surface area contributed by atoms with Gasteiger partial charge in [0.25, 0.3) is 5.91 Å².